The molecular weight excluding hydrogens is 303 g/mol. The zero-order valence-electron chi connectivity index (χ0n) is 10.2. The highest BCUT2D eigenvalue weighted by atomic mass is 79.9. The Kier molecular flexibility index (Phi) is 5.27. The van der Waals surface area contributed by atoms with E-state index in [-0.39, 0.29) is 18.4 Å². The van der Waals surface area contributed by atoms with E-state index < -0.39 is 5.82 Å². The molecule has 6 heteroatoms. The van der Waals surface area contributed by atoms with Crippen LogP contribution >= 0.6 is 15.9 Å². The first-order valence-corrected chi connectivity index (χ1v) is 6.22. The van der Waals surface area contributed by atoms with Crippen molar-refractivity contribution in [3.63, 3.8) is 0 Å². The van der Waals surface area contributed by atoms with E-state index in [0.717, 1.165) is 0 Å². The largest absolute Gasteiger partial charge is 0.355 e. The van der Waals surface area contributed by atoms with Crippen LogP contribution in [0.4, 0.5) is 4.39 Å². The van der Waals surface area contributed by atoms with Gasteiger partial charge in [-0.3, -0.25) is 9.59 Å². The van der Waals surface area contributed by atoms with Gasteiger partial charge >= 0.3 is 0 Å². The van der Waals surface area contributed by atoms with Gasteiger partial charge in [-0.05, 0) is 41.1 Å². The van der Waals surface area contributed by atoms with Crippen LogP contribution in [0.15, 0.2) is 22.7 Å². The number of amides is 2. The van der Waals surface area contributed by atoms with E-state index in [1.165, 1.54) is 30.1 Å². The van der Waals surface area contributed by atoms with Crippen LogP contribution in [0.3, 0.4) is 0 Å². The number of carbonyl (C=O) groups excluding carboxylic acids is 2. The number of nitrogens with one attached hydrogen (secondary N) is 1. The normalized spacial score (nSPS) is 10.0. The van der Waals surface area contributed by atoms with Crippen molar-refractivity contribution >= 4 is 27.7 Å². The molecule has 0 spiro atoms. The molecule has 0 saturated heterocycles. The molecule has 0 aromatic heterocycles. The summed E-state index contributed by atoms with van der Waals surface area (Å²) in [6, 6.07) is 3.81. The fraction of sp³-hybridized carbons (Fsp3) is 0.333. The quantitative estimate of drug-likeness (QED) is 0.920. The van der Waals surface area contributed by atoms with Crippen LogP contribution in [-0.2, 0) is 4.79 Å². The summed E-state index contributed by atoms with van der Waals surface area (Å²) in [4.78, 5) is 24.6. The Labute approximate surface area is 113 Å². The van der Waals surface area contributed by atoms with E-state index in [4.69, 9.17) is 0 Å². The fourth-order valence-corrected chi connectivity index (χ4v) is 1.93. The van der Waals surface area contributed by atoms with E-state index in [2.05, 4.69) is 21.2 Å². The number of benzene rings is 1. The van der Waals surface area contributed by atoms with Crippen LogP contribution < -0.4 is 5.32 Å². The standard InChI is InChI=1S/C12H14BrFN2O2/c1-3-15-11(17)7-16(2)12(18)9-5-4-8(14)6-10(9)13/h4-6H,3,7H2,1-2H3,(H,15,17). The molecule has 0 fully saturated rings. The van der Waals surface area contributed by atoms with Crippen LogP contribution in [0.2, 0.25) is 0 Å². The van der Waals surface area contributed by atoms with Gasteiger partial charge in [0.1, 0.15) is 5.82 Å². The molecule has 4 nitrogen and oxygen atoms in total. The van der Waals surface area contributed by atoms with Gasteiger partial charge in [0.15, 0.2) is 0 Å². The van der Waals surface area contributed by atoms with Gasteiger partial charge in [0.2, 0.25) is 5.91 Å². The molecule has 0 unspecified atom stereocenters. The minimum Gasteiger partial charge on any atom is -0.355 e. The second-order valence-electron chi connectivity index (χ2n) is 3.74. The van der Waals surface area contributed by atoms with Gasteiger partial charge in [0, 0.05) is 18.1 Å². The van der Waals surface area contributed by atoms with Gasteiger partial charge in [-0.2, -0.15) is 0 Å². The van der Waals surface area contributed by atoms with Crippen molar-refractivity contribution in [1.29, 1.82) is 0 Å². The smallest absolute Gasteiger partial charge is 0.255 e. The lowest BCUT2D eigenvalue weighted by molar-refractivity contribution is -0.121. The minimum atomic E-state index is -0.426. The third kappa shape index (κ3) is 3.80. The molecule has 0 radical (unpaired) electrons. The van der Waals surface area contributed by atoms with Gasteiger partial charge in [0.25, 0.3) is 5.91 Å². The molecule has 98 valence electrons. The average molecular weight is 317 g/mol. The van der Waals surface area contributed by atoms with Crippen molar-refractivity contribution in [3.8, 4) is 0 Å². The van der Waals surface area contributed by atoms with Crippen LogP contribution in [0.1, 0.15) is 17.3 Å². The van der Waals surface area contributed by atoms with Gasteiger partial charge in [-0.25, -0.2) is 4.39 Å². The molecule has 0 bridgehead atoms. The van der Waals surface area contributed by atoms with Crippen molar-refractivity contribution in [2.24, 2.45) is 0 Å². The molecule has 1 rings (SSSR count). The molecule has 0 heterocycles. The zero-order valence-corrected chi connectivity index (χ0v) is 11.8. The Morgan fingerprint density at radius 2 is 2.11 bits per heavy atom. The molecule has 0 aliphatic carbocycles. The SMILES string of the molecule is CCNC(=O)CN(C)C(=O)c1ccc(F)cc1Br. The highest BCUT2D eigenvalue weighted by Crippen LogP contribution is 2.19. The van der Waals surface area contributed by atoms with Crippen LogP contribution in [0, 0.1) is 5.82 Å². The summed E-state index contributed by atoms with van der Waals surface area (Å²) in [6.07, 6.45) is 0. The molecule has 0 aliphatic heterocycles. The van der Waals surface area contributed by atoms with Crippen molar-refractivity contribution in [3.05, 3.63) is 34.1 Å². The third-order valence-electron chi connectivity index (χ3n) is 2.26. The lowest BCUT2D eigenvalue weighted by Crippen LogP contribution is -2.38. The minimum absolute atomic E-state index is 0.0313. The molecule has 1 N–H and O–H groups in total. The highest BCUT2D eigenvalue weighted by Gasteiger charge is 2.17. The first-order valence-electron chi connectivity index (χ1n) is 5.43. The summed E-state index contributed by atoms with van der Waals surface area (Å²) >= 11 is 3.12. The summed E-state index contributed by atoms with van der Waals surface area (Å²) in [5, 5.41) is 2.60. The lowest BCUT2D eigenvalue weighted by atomic mass is 10.2. The molecule has 1 aromatic carbocycles. The molecule has 2 amide bonds. The van der Waals surface area contributed by atoms with E-state index in [1.807, 2.05) is 0 Å². The molecule has 0 aliphatic rings. The number of hydrogen-bond acceptors (Lipinski definition) is 2. The second-order valence-corrected chi connectivity index (χ2v) is 4.59. The molecule has 0 atom stereocenters. The first-order chi connectivity index (χ1) is 8.45. The fourth-order valence-electron chi connectivity index (χ4n) is 1.41. The first kappa shape index (κ1) is 14.6. The van der Waals surface area contributed by atoms with E-state index in [9.17, 15) is 14.0 Å². The van der Waals surface area contributed by atoms with Gasteiger partial charge < -0.3 is 10.2 Å². The Balaban J connectivity index is 2.77. The summed E-state index contributed by atoms with van der Waals surface area (Å²) < 4.78 is 13.3. The second kappa shape index (κ2) is 6.49. The van der Waals surface area contributed by atoms with Crippen molar-refractivity contribution in [1.82, 2.24) is 10.2 Å². The highest BCUT2D eigenvalue weighted by molar-refractivity contribution is 9.10. The Bertz CT molecular complexity index is 465. The predicted molar refractivity (Wildman–Crippen MR) is 69.7 cm³/mol. The number of nitrogens with zero attached hydrogens (tertiary/aromatic N) is 1. The summed E-state index contributed by atoms with van der Waals surface area (Å²) in [5.41, 5.74) is 0.322. The topological polar surface area (TPSA) is 49.4 Å². The predicted octanol–water partition coefficient (Wildman–Crippen LogP) is 1.80. The number of halogens is 2. The lowest BCUT2D eigenvalue weighted by Gasteiger charge is -2.17. The van der Waals surface area contributed by atoms with Crippen LogP contribution in [-0.4, -0.2) is 36.9 Å². The van der Waals surface area contributed by atoms with Crippen LogP contribution in [0.25, 0.3) is 0 Å². The Morgan fingerprint density at radius 1 is 1.44 bits per heavy atom. The van der Waals surface area contributed by atoms with Crippen molar-refractivity contribution in [2.45, 2.75) is 6.92 Å². The molecule has 0 saturated carbocycles. The Morgan fingerprint density at radius 3 is 2.67 bits per heavy atom. The summed E-state index contributed by atoms with van der Waals surface area (Å²) in [5.74, 6) is -0.996. The molecule has 18 heavy (non-hydrogen) atoms. The maximum atomic E-state index is 12.9. The number of rotatable bonds is 4. The van der Waals surface area contributed by atoms with E-state index in [1.54, 1.807) is 6.92 Å². The number of hydrogen-bond donors (Lipinski definition) is 1. The average Bonchev–Trinajstić information content (AvgIpc) is 2.28. The molecule has 1 aromatic rings. The Hall–Kier alpha value is -1.43. The zero-order chi connectivity index (χ0) is 13.7. The number of carbonyl (C=O) groups is 2. The summed E-state index contributed by atoms with van der Waals surface area (Å²) in [6.45, 7) is 2.29. The maximum Gasteiger partial charge on any atom is 0.255 e. The summed E-state index contributed by atoms with van der Waals surface area (Å²) in [7, 11) is 1.52. The van der Waals surface area contributed by atoms with Crippen molar-refractivity contribution < 1.29 is 14.0 Å². The van der Waals surface area contributed by atoms with Gasteiger partial charge in [-0.15, -0.1) is 0 Å². The van der Waals surface area contributed by atoms with Gasteiger partial charge in [-0.1, -0.05) is 0 Å². The van der Waals surface area contributed by atoms with Crippen LogP contribution in [0.5, 0.6) is 0 Å². The maximum absolute atomic E-state index is 12.9. The monoisotopic (exact) mass is 316 g/mol. The van der Waals surface area contributed by atoms with E-state index in [0.29, 0.717) is 16.6 Å². The molecular formula is C12H14BrFN2O2. The third-order valence-corrected chi connectivity index (χ3v) is 2.92. The van der Waals surface area contributed by atoms with Gasteiger partial charge in [0.05, 0.1) is 12.1 Å². The van der Waals surface area contributed by atoms with Crippen molar-refractivity contribution in [2.75, 3.05) is 20.1 Å². The number of likely N-dealkylation sites (N-methyl/N-ethyl adjacent to an activating group) is 2. The van der Waals surface area contributed by atoms with E-state index >= 15 is 0 Å².